The predicted molar refractivity (Wildman–Crippen MR) is 280 cm³/mol. The number of hydrogen-bond acceptors (Lipinski definition) is 2. The zero-order valence-electron chi connectivity index (χ0n) is 36.7. The van der Waals surface area contributed by atoms with E-state index in [1.54, 1.807) is 0 Å². The number of hydrogen-bond donors (Lipinski definition) is 0. The van der Waals surface area contributed by atoms with Crippen LogP contribution in [0.5, 0.6) is 0 Å². The van der Waals surface area contributed by atoms with Gasteiger partial charge in [0.2, 0.25) is 0 Å². The van der Waals surface area contributed by atoms with Gasteiger partial charge in [-0.25, -0.2) is 0 Å². The topological polar surface area (TPSA) is 16.4 Å². The van der Waals surface area contributed by atoms with E-state index in [1.165, 1.54) is 66.4 Å². The minimum atomic E-state index is -0.515. The zero-order chi connectivity index (χ0) is 44.3. The van der Waals surface area contributed by atoms with Crippen molar-refractivity contribution < 1.29 is 4.42 Å². The Bertz CT molecular complexity index is 3720. The maximum atomic E-state index is 6.53. The maximum absolute atomic E-state index is 6.53. The standard InChI is InChI=1S/C65H43NO/c1-5-17-44(18-6-1)45-29-34-51(35-30-45)66(53-38-40-56-55-25-13-15-27-60(55)65(61(56)42-53,49-21-9-3-10-22-49)50-23-11-4-12-24-50)52-36-31-46(32-37-52)48-33-39-54-58(47-19-7-2-8-20-47)43-63-64(59(54)41-48)57-26-14-16-28-62(57)67-63/h1-43H. The normalized spacial score (nSPS) is 12.6. The fraction of sp³-hybridized carbons (Fsp3) is 0.0154. The number of benzene rings is 11. The summed E-state index contributed by atoms with van der Waals surface area (Å²) in [5.74, 6) is 0. The molecule has 1 aromatic heterocycles. The first-order valence-electron chi connectivity index (χ1n) is 23.1. The lowest BCUT2D eigenvalue weighted by Gasteiger charge is -2.35. The minimum Gasteiger partial charge on any atom is -0.456 e. The van der Waals surface area contributed by atoms with E-state index in [0.717, 1.165) is 50.1 Å². The highest BCUT2D eigenvalue weighted by atomic mass is 16.3. The van der Waals surface area contributed by atoms with Crippen LogP contribution in [-0.4, -0.2) is 0 Å². The Morgan fingerprint density at radius 3 is 1.46 bits per heavy atom. The van der Waals surface area contributed by atoms with Crippen LogP contribution < -0.4 is 4.90 Å². The van der Waals surface area contributed by atoms with Gasteiger partial charge >= 0.3 is 0 Å². The van der Waals surface area contributed by atoms with Crippen molar-refractivity contribution in [3.05, 3.63) is 283 Å². The summed E-state index contributed by atoms with van der Waals surface area (Å²) in [4.78, 5) is 2.41. The Balaban J connectivity index is 0.978. The molecule has 0 aliphatic heterocycles. The van der Waals surface area contributed by atoms with Gasteiger partial charge in [0.05, 0.1) is 5.41 Å². The number of anilines is 3. The van der Waals surface area contributed by atoms with Crippen LogP contribution in [0.2, 0.25) is 0 Å². The van der Waals surface area contributed by atoms with Crippen molar-refractivity contribution in [2.45, 2.75) is 5.41 Å². The second-order valence-electron chi connectivity index (χ2n) is 17.6. The summed E-state index contributed by atoms with van der Waals surface area (Å²) in [7, 11) is 0. The van der Waals surface area contributed by atoms with Crippen LogP contribution in [0.25, 0.3) is 77.2 Å². The molecule has 0 saturated carbocycles. The van der Waals surface area contributed by atoms with E-state index in [4.69, 9.17) is 4.42 Å². The summed E-state index contributed by atoms with van der Waals surface area (Å²) in [6.07, 6.45) is 0. The van der Waals surface area contributed by atoms with Gasteiger partial charge in [-0.3, -0.25) is 0 Å². The molecule has 314 valence electrons. The molecular formula is C65H43NO. The van der Waals surface area contributed by atoms with Crippen molar-refractivity contribution in [3.8, 4) is 44.5 Å². The first-order valence-corrected chi connectivity index (χ1v) is 23.1. The van der Waals surface area contributed by atoms with Crippen LogP contribution in [0.4, 0.5) is 17.1 Å². The lowest BCUT2D eigenvalue weighted by atomic mass is 9.67. The zero-order valence-corrected chi connectivity index (χ0v) is 36.7. The van der Waals surface area contributed by atoms with E-state index in [1.807, 2.05) is 6.07 Å². The third-order valence-electron chi connectivity index (χ3n) is 14.0. The van der Waals surface area contributed by atoms with E-state index >= 15 is 0 Å². The van der Waals surface area contributed by atoms with Gasteiger partial charge < -0.3 is 9.32 Å². The van der Waals surface area contributed by atoms with E-state index in [0.29, 0.717) is 0 Å². The molecule has 2 nitrogen and oxygen atoms in total. The van der Waals surface area contributed by atoms with Crippen molar-refractivity contribution in [2.75, 3.05) is 4.90 Å². The molecule has 0 radical (unpaired) electrons. The summed E-state index contributed by atoms with van der Waals surface area (Å²) in [6.45, 7) is 0. The monoisotopic (exact) mass is 853 g/mol. The molecule has 0 unspecified atom stereocenters. The third-order valence-corrected chi connectivity index (χ3v) is 14.0. The van der Waals surface area contributed by atoms with Crippen LogP contribution in [0.1, 0.15) is 22.3 Å². The fourth-order valence-electron chi connectivity index (χ4n) is 10.9. The predicted octanol–water partition coefficient (Wildman–Crippen LogP) is 17.6. The molecule has 13 rings (SSSR count). The SMILES string of the molecule is c1ccc(-c2ccc(N(c3ccc(-c4ccc5c(-c6ccccc6)cc6oc7ccccc7c6c5c4)cc3)c3ccc4c(c3)C(c3ccccc3)(c3ccccc3)c3ccccc3-4)cc2)cc1. The molecular weight excluding hydrogens is 811 g/mol. The van der Waals surface area contributed by atoms with Gasteiger partial charge in [-0.1, -0.05) is 206 Å². The average Bonchev–Trinajstić information content (AvgIpc) is 3.93. The quantitative estimate of drug-likeness (QED) is 0.151. The van der Waals surface area contributed by atoms with Gasteiger partial charge in [0.15, 0.2) is 0 Å². The first kappa shape index (κ1) is 38.7. The Labute approximate surface area is 390 Å². The van der Waals surface area contributed by atoms with Crippen LogP contribution in [-0.2, 0) is 5.41 Å². The Morgan fingerprint density at radius 1 is 0.284 bits per heavy atom. The van der Waals surface area contributed by atoms with Crippen LogP contribution >= 0.6 is 0 Å². The number of furan rings is 1. The third kappa shape index (κ3) is 6.26. The Hall–Kier alpha value is -8.72. The molecule has 0 spiro atoms. The molecule has 1 aliphatic carbocycles. The van der Waals surface area contributed by atoms with Gasteiger partial charge in [-0.15, -0.1) is 0 Å². The molecule has 0 saturated heterocycles. The van der Waals surface area contributed by atoms with E-state index in [2.05, 4.69) is 260 Å². The van der Waals surface area contributed by atoms with Gasteiger partial charge in [0.1, 0.15) is 11.2 Å². The lowest BCUT2D eigenvalue weighted by Crippen LogP contribution is -2.28. The minimum absolute atomic E-state index is 0.515. The molecule has 0 fully saturated rings. The fourth-order valence-corrected chi connectivity index (χ4v) is 10.9. The molecule has 1 aliphatic rings. The largest absolute Gasteiger partial charge is 0.456 e. The smallest absolute Gasteiger partial charge is 0.136 e. The summed E-state index contributed by atoms with van der Waals surface area (Å²) in [5, 5.41) is 4.67. The number of para-hydroxylation sites is 1. The number of nitrogens with zero attached hydrogens (tertiary/aromatic N) is 1. The molecule has 0 atom stereocenters. The van der Waals surface area contributed by atoms with Crippen molar-refractivity contribution in [1.82, 2.24) is 0 Å². The van der Waals surface area contributed by atoms with Crippen molar-refractivity contribution >= 4 is 49.8 Å². The Morgan fingerprint density at radius 2 is 0.791 bits per heavy atom. The van der Waals surface area contributed by atoms with Crippen molar-refractivity contribution in [2.24, 2.45) is 0 Å². The highest BCUT2D eigenvalue weighted by molar-refractivity contribution is 6.22. The van der Waals surface area contributed by atoms with Gasteiger partial charge in [-0.2, -0.15) is 0 Å². The summed E-state index contributed by atoms with van der Waals surface area (Å²) >= 11 is 0. The van der Waals surface area contributed by atoms with Crippen molar-refractivity contribution in [3.63, 3.8) is 0 Å². The van der Waals surface area contributed by atoms with Crippen LogP contribution in [0.3, 0.4) is 0 Å². The maximum Gasteiger partial charge on any atom is 0.136 e. The summed E-state index contributed by atoms with van der Waals surface area (Å²) in [6, 6.07) is 95.0. The van der Waals surface area contributed by atoms with E-state index in [9.17, 15) is 0 Å². The summed E-state index contributed by atoms with van der Waals surface area (Å²) in [5.41, 5.74) is 19.2. The van der Waals surface area contributed by atoms with Gasteiger partial charge in [0.25, 0.3) is 0 Å². The summed E-state index contributed by atoms with van der Waals surface area (Å²) < 4.78 is 6.53. The van der Waals surface area contributed by atoms with Gasteiger partial charge in [0, 0.05) is 27.8 Å². The molecule has 0 N–H and O–H groups in total. The molecule has 0 bridgehead atoms. The molecule has 11 aromatic carbocycles. The van der Waals surface area contributed by atoms with Crippen LogP contribution in [0, 0.1) is 0 Å². The molecule has 0 amide bonds. The second-order valence-corrected chi connectivity index (χ2v) is 17.6. The second kappa shape index (κ2) is 15.8. The number of rotatable bonds is 8. The first-order chi connectivity index (χ1) is 33.2. The van der Waals surface area contributed by atoms with Crippen LogP contribution in [0.15, 0.2) is 265 Å². The van der Waals surface area contributed by atoms with Crippen molar-refractivity contribution in [1.29, 1.82) is 0 Å². The highest BCUT2D eigenvalue weighted by Crippen LogP contribution is 2.57. The van der Waals surface area contributed by atoms with E-state index < -0.39 is 5.41 Å². The Kier molecular flexibility index (Phi) is 9.11. The number of fused-ring (bicyclic) bond motifs is 8. The molecule has 1 heterocycles. The molecule has 2 heteroatoms. The van der Waals surface area contributed by atoms with E-state index in [-0.39, 0.29) is 0 Å². The lowest BCUT2D eigenvalue weighted by molar-refractivity contribution is 0.669. The van der Waals surface area contributed by atoms with Gasteiger partial charge in [-0.05, 0) is 132 Å². The molecule has 67 heavy (non-hydrogen) atoms. The average molecular weight is 854 g/mol. The molecule has 12 aromatic rings. The highest BCUT2D eigenvalue weighted by Gasteiger charge is 2.46.